The summed E-state index contributed by atoms with van der Waals surface area (Å²) >= 11 is 0. The molecular weight excluding hydrogens is 428 g/mol. The maximum absolute atomic E-state index is 13.0. The number of rotatable bonds is 10. The predicted octanol–water partition coefficient (Wildman–Crippen LogP) is -1.44. The van der Waals surface area contributed by atoms with Crippen molar-refractivity contribution in [1.29, 1.82) is 0 Å². The maximum Gasteiger partial charge on any atom is 0.252 e. The Morgan fingerprint density at radius 1 is 1.12 bits per heavy atom. The third-order valence-corrected chi connectivity index (χ3v) is 5.96. The molecule has 10 nitrogen and oxygen atoms in total. The van der Waals surface area contributed by atoms with Crippen molar-refractivity contribution in [2.75, 3.05) is 7.05 Å². The molecule has 0 heterocycles. The number of benzene rings is 1. The highest BCUT2D eigenvalue weighted by Gasteiger charge is 2.50. The highest BCUT2D eigenvalue weighted by molar-refractivity contribution is 5.91. The van der Waals surface area contributed by atoms with Gasteiger partial charge in [-0.15, -0.1) is 0 Å². The molecule has 0 aromatic heterocycles. The molecule has 1 aliphatic carbocycles. The standard InChI is InChI=1S/C23H36N4O6/c1-13(2)9-16(25-3)21(31)26-17-11-23(33,12-18(28)19(17)29)22(32)27-15(20(24)30)10-14-7-5-4-6-8-14/h4-8,13,15-19,25,28-29,33H,9-12H2,1-3H3,(H2,24,30)(H,26,31)(H,27,32). The summed E-state index contributed by atoms with van der Waals surface area (Å²) in [7, 11) is 1.64. The van der Waals surface area contributed by atoms with E-state index in [9.17, 15) is 29.7 Å². The van der Waals surface area contributed by atoms with Gasteiger partial charge in [-0.1, -0.05) is 44.2 Å². The molecule has 1 aromatic carbocycles. The van der Waals surface area contributed by atoms with Crippen LogP contribution in [0.25, 0.3) is 0 Å². The molecule has 0 aliphatic heterocycles. The van der Waals surface area contributed by atoms with Crippen molar-refractivity contribution in [3.63, 3.8) is 0 Å². The van der Waals surface area contributed by atoms with Crippen LogP contribution in [0.15, 0.2) is 30.3 Å². The number of nitrogens with one attached hydrogen (secondary N) is 3. The fourth-order valence-electron chi connectivity index (χ4n) is 4.10. The number of amides is 3. The van der Waals surface area contributed by atoms with Gasteiger partial charge in [0.15, 0.2) is 0 Å². The highest BCUT2D eigenvalue weighted by Crippen LogP contribution is 2.30. The van der Waals surface area contributed by atoms with Crippen LogP contribution in [-0.4, -0.2) is 76.0 Å². The Balaban J connectivity index is 2.13. The SMILES string of the molecule is CNC(CC(C)C)C(=O)NC1CC(O)(C(=O)NC(Cc2ccccc2)C(N)=O)CC(O)C1O. The Kier molecular flexibility index (Phi) is 9.35. The first-order valence-corrected chi connectivity index (χ1v) is 11.2. The van der Waals surface area contributed by atoms with E-state index in [1.165, 1.54) is 0 Å². The lowest BCUT2D eigenvalue weighted by Crippen LogP contribution is -2.65. The summed E-state index contributed by atoms with van der Waals surface area (Å²) in [5, 5.41) is 39.8. The van der Waals surface area contributed by atoms with E-state index in [1.807, 2.05) is 19.9 Å². The number of nitrogens with two attached hydrogens (primary N) is 1. The molecule has 6 atom stereocenters. The molecule has 1 aromatic rings. The molecule has 10 heteroatoms. The molecule has 8 N–H and O–H groups in total. The van der Waals surface area contributed by atoms with Gasteiger partial charge in [-0.3, -0.25) is 14.4 Å². The molecule has 1 saturated carbocycles. The van der Waals surface area contributed by atoms with Gasteiger partial charge in [-0.2, -0.15) is 0 Å². The second-order valence-electron chi connectivity index (χ2n) is 9.20. The topological polar surface area (TPSA) is 174 Å². The van der Waals surface area contributed by atoms with Crippen molar-refractivity contribution in [3.05, 3.63) is 35.9 Å². The zero-order chi connectivity index (χ0) is 24.8. The summed E-state index contributed by atoms with van der Waals surface area (Å²) in [5.74, 6) is -1.86. The van der Waals surface area contributed by atoms with Crippen LogP contribution in [0.1, 0.15) is 38.7 Å². The summed E-state index contributed by atoms with van der Waals surface area (Å²) in [6.07, 6.45) is -2.95. The average molecular weight is 465 g/mol. The fraction of sp³-hybridized carbons (Fsp3) is 0.609. The lowest BCUT2D eigenvalue weighted by molar-refractivity contribution is -0.160. The number of hydrogen-bond donors (Lipinski definition) is 7. The normalized spacial score (nSPS) is 26.9. The maximum atomic E-state index is 13.0. The molecule has 2 rings (SSSR count). The van der Waals surface area contributed by atoms with Crippen LogP contribution in [0, 0.1) is 5.92 Å². The van der Waals surface area contributed by atoms with Gasteiger partial charge in [0.1, 0.15) is 17.7 Å². The van der Waals surface area contributed by atoms with Crippen LogP contribution in [0.5, 0.6) is 0 Å². The van der Waals surface area contributed by atoms with Crippen LogP contribution in [0.4, 0.5) is 0 Å². The van der Waals surface area contributed by atoms with E-state index in [4.69, 9.17) is 5.73 Å². The molecular formula is C23H36N4O6. The van der Waals surface area contributed by atoms with Crippen molar-refractivity contribution in [3.8, 4) is 0 Å². The molecule has 6 unspecified atom stereocenters. The van der Waals surface area contributed by atoms with Gasteiger partial charge in [-0.05, 0) is 24.9 Å². The zero-order valence-corrected chi connectivity index (χ0v) is 19.3. The van der Waals surface area contributed by atoms with Crippen LogP contribution in [-0.2, 0) is 20.8 Å². The zero-order valence-electron chi connectivity index (χ0n) is 19.3. The number of aliphatic hydroxyl groups is 3. The number of primary amides is 1. The van der Waals surface area contributed by atoms with Gasteiger partial charge in [0, 0.05) is 19.3 Å². The molecule has 1 fully saturated rings. The minimum atomic E-state index is -2.12. The smallest absolute Gasteiger partial charge is 0.252 e. The third-order valence-electron chi connectivity index (χ3n) is 5.96. The Morgan fingerprint density at radius 2 is 1.76 bits per heavy atom. The fourth-order valence-corrected chi connectivity index (χ4v) is 4.10. The second kappa shape index (κ2) is 11.6. The third kappa shape index (κ3) is 7.23. The molecule has 33 heavy (non-hydrogen) atoms. The average Bonchev–Trinajstić information content (AvgIpc) is 2.75. The molecule has 0 saturated heterocycles. The van der Waals surface area contributed by atoms with Crippen molar-refractivity contribution in [2.24, 2.45) is 11.7 Å². The number of aliphatic hydroxyl groups excluding tert-OH is 2. The summed E-state index contributed by atoms with van der Waals surface area (Å²) < 4.78 is 0. The number of hydrogen-bond acceptors (Lipinski definition) is 7. The van der Waals surface area contributed by atoms with Crippen LogP contribution in [0.3, 0.4) is 0 Å². The number of carbonyl (C=O) groups is 3. The van der Waals surface area contributed by atoms with Gasteiger partial charge in [-0.25, -0.2) is 0 Å². The summed E-state index contributed by atoms with van der Waals surface area (Å²) in [6, 6.07) is 6.24. The lowest BCUT2D eigenvalue weighted by Gasteiger charge is -2.42. The first-order valence-electron chi connectivity index (χ1n) is 11.2. The number of likely N-dealkylation sites (N-methyl/N-ethyl adjacent to an activating group) is 1. The van der Waals surface area contributed by atoms with Crippen molar-refractivity contribution in [1.82, 2.24) is 16.0 Å². The first kappa shape index (κ1) is 26.7. The largest absolute Gasteiger partial charge is 0.390 e. The van der Waals surface area contributed by atoms with Crippen molar-refractivity contribution in [2.45, 2.75) is 75.5 Å². The van der Waals surface area contributed by atoms with E-state index in [1.54, 1.807) is 31.3 Å². The lowest BCUT2D eigenvalue weighted by atomic mass is 9.77. The minimum Gasteiger partial charge on any atom is -0.390 e. The summed E-state index contributed by atoms with van der Waals surface area (Å²) in [4.78, 5) is 37.6. The van der Waals surface area contributed by atoms with Gasteiger partial charge < -0.3 is 37.0 Å². The molecule has 0 spiro atoms. The molecule has 1 aliphatic rings. The molecule has 0 radical (unpaired) electrons. The molecule has 0 bridgehead atoms. The van der Waals surface area contributed by atoms with Gasteiger partial charge in [0.05, 0.1) is 18.2 Å². The quantitative estimate of drug-likeness (QED) is 0.222. The Labute approximate surface area is 193 Å². The second-order valence-corrected chi connectivity index (χ2v) is 9.20. The van der Waals surface area contributed by atoms with Crippen molar-refractivity contribution >= 4 is 17.7 Å². The Hall–Kier alpha value is -2.53. The van der Waals surface area contributed by atoms with E-state index >= 15 is 0 Å². The van der Waals surface area contributed by atoms with Crippen LogP contribution in [0.2, 0.25) is 0 Å². The van der Waals surface area contributed by atoms with E-state index in [-0.39, 0.29) is 18.8 Å². The summed E-state index contributed by atoms with van der Waals surface area (Å²) in [5.41, 5.74) is 4.10. The minimum absolute atomic E-state index is 0.127. The Bertz CT molecular complexity index is 820. The highest BCUT2D eigenvalue weighted by atomic mass is 16.3. The number of carbonyl (C=O) groups excluding carboxylic acids is 3. The molecule has 184 valence electrons. The van der Waals surface area contributed by atoms with Gasteiger partial charge in [0.2, 0.25) is 11.8 Å². The molecule has 3 amide bonds. The van der Waals surface area contributed by atoms with Crippen LogP contribution >= 0.6 is 0 Å². The predicted molar refractivity (Wildman–Crippen MR) is 122 cm³/mol. The van der Waals surface area contributed by atoms with E-state index in [2.05, 4.69) is 16.0 Å². The van der Waals surface area contributed by atoms with Crippen molar-refractivity contribution < 1.29 is 29.7 Å². The van der Waals surface area contributed by atoms with E-state index < -0.39 is 60.1 Å². The van der Waals surface area contributed by atoms with E-state index in [0.29, 0.717) is 6.42 Å². The Morgan fingerprint density at radius 3 is 2.30 bits per heavy atom. The van der Waals surface area contributed by atoms with Gasteiger partial charge >= 0.3 is 0 Å². The first-order chi connectivity index (χ1) is 15.5. The monoisotopic (exact) mass is 464 g/mol. The summed E-state index contributed by atoms with van der Waals surface area (Å²) in [6.45, 7) is 3.93. The van der Waals surface area contributed by atoms with Gasteiger partial charge in [0.25, 0.3) is 5.91 Å². The van der Waals surface area contributed by atoms with E-state index in [0.717, 1.165) is 5.56 Å². The van der Waals surface area contributed by atoms with Crippen LogP contribution < -0.4 is 21.7 Å².